The Morgan fingerprint density at radius 2 is 1.77 bits per heavy atom. The smallest absolute Gasteiger partial charge is 0.282 e. The maximum atomic E-state index is 12.5. The average Bonchev–Trinajstić information content (AvgIpc) is 2.75. The third kappa shape index (κ3) is 6.33. The molecule has 6 nitrogen and oxygen atoms in total. The van der Waals surface area contributed by atoms with Crippen molar-refractivity contribution in [3.63, 3.8) is 0 Å². The van der Waals surface area contributed by atoms with Gasteiger partial charge in [-0.05, 0) is 68.5 Å². The fraction of sp³-hybridized carbons (Fsp3) is 0.217. The summed E-state index contributed by atoms with van der Waals surface area (Å²) < 4.78 is 39.7. The first kappa shape index (κ1) is 24.5. The summed E-state index contributed by atoms with van der Waals surface area (Å²) in [5.74, 6) is 0.684. The Balaban J connectivity index is 2.17. The predicted molar refractivity (Wildman–Crippen MR) is 129 cm³/mol. The molecule has 0 radical (unpaired) electrons. The normalized spacial score (nSPS) is 18.8. The zero-order valence-electron chi connectivity index (χ0n) is 18.0. The first-order chi connectivity index (χ1) is 14.7. The van der Waals surface area contributed by atoms with Crippen LogP contribution in [0.1, 0.15) is 12.5 Å². The first-order valence-corrected chi connectivity index (χ1v) is 11.2. The Labute approximate surface area is 189 Å². The third-order valence-corrected chi connectivity index (χ3v) is 6.22. The van der Waals surface area contributed by atoms with Gasteiger partial charge in [-0.25, -0.2) is 0 Å². The number of aryl methyl sites for hydroxylation is 1. The summed E-state index contributed by atoms with van der Waals surface area (Å²) in [5, 5.41) is 3.02. The van der Waals surface area contributed by atoms with Gasteiger partial charge in [-0.1, -0.05) is 36.5 Å². The largest absolute Gasteiger partial charge is 0.497 e. The summed E-state index contributed by atoms with van der Waals surface area (Å²) in [6.07, 6.45) is 11.7. The molecular weight excluding hydrogens is 432 g/mol. The van der Waals surface area contributed by atoms with Crippen molar-refractivity contribution in [2.75, 3.05) is 14.2 Å². The number of benzene rings is 1. The van der Waals surface area contributed by atoms with Gasteiger partial charge in [-0.15, -0.1) is 0 Å². The number of nitrogens with one attached hydrogen (secondary N) is 1. The fourth-order valence-electron chi connectivity index (χ4n) is 2.62. The van der Waals surface area contributed by atoms with Crippen molar-refractivity contribution in [3.8, 4) is 0 Å². The molecule has 0 amide bonds. The topological polar surface area (TPSA) is 77.0 Å². The lowest BCUT2D eigenvalue weighted by molar-refractivity contribution is 0.130. The van der Waals surface area contributed by atoms with Crippen molar-refractivity contribution in [2.45, 2.75) is 24.3 Å². The highest BCUT2D eigenvalue weighted by Crippen LogP contribution is 2.22. The summed E-state index contributed by atoms with van der Waals surface area (Å²) in [6, 6.07) is 6.52. The van der Waals surface area contributed by atoms with E-state index in [1.807, 2.05) is 19.9 Å². The molecule has 0 heterocycles. The highest BCUT2D eigenvalue weighted by Gasteiger charge is 2.31. The van der Waals surface area contributed by atoms with E-state index in [1.54, 1.807) is 55.7 Å². The van der Waals surface area contributed by atoms with E-state index in [0.29, 0.717) is 16.4 Å². The van der Waals surface area contributed by atoms with Crippen LogP contribution in [0.15, 0.2) is 94.1 Å². The number of rotatable bonds is 8. The van der Waals surface area contributed by atoms with Crippen LogP contribution in [0.3, 0.4) is 0 Å². The van der Waals surface area contributed by atoms with E-state index in [-0.39, 0.29) is 10.6 Å². The molecule has 0 saturated heterocycles. The lowest BCUT2D eigenvalue weighted by Crippen LogP contribution is -2.44. The number of hydrogen-bond donors (Lipinski definition) is 1. The molecule has 0 unspecified atom stereocenters. The van der Waals surface area contributed by atoms with Crippen LogP contribution in [0.5, 0.6) is 0 Å². The molecule has 0 fully saturated rings. The summed E-state index contributed by atoms with van der Waals surface area (Å²) >= 11 is 5.50. The summed E-state index contributed by atoms with van der Waals surface area (Å²) in [4.78, 5) is 0.477. The van der Waals surface area contributed by atoms with Crippen LogP contribution in [-0.2, 0) is 19.5 Å². The third-order valence-electron chi connectivity index (χ3n) is 4.48. The average molecular weight is 459 g/mol. The molecule has 31 heavy (non-hydrogen) atoms. The minimum atomic E-state index is -3.82. The number of allylic oxidation sites excluding steroid dienone is 5. The van der Waals surface area contributed by atoms with Crippen LogP contribution in [0.25, 0.3) is 0 Å². The molecule has 1 aliphatic carbocycles. The summed E-state index contributed by atoms with van der Waals surface area (Å²) in [7, 11) is -0.736. The maximum absolute atomic E-state index is 12.5. The quantitative estimate of drug-likeness (QED) is 0.358. The zero-order chi connectivity index (χ0) is 23.1. The number of ether oxygens (including phenoxy) is 2. The molecule has 0 aliphatic heterocycles. The van der Waals surface area contributed by atoms with Crippen LogP contribution in [0, 0.1) is 6.92 Å². The highest BCUT2D eigenvalue weighted by molar-refractivity contribution is 7.90. The van der Waals surface area contributed by atoms with Gasteiger partial charge in [0, 0.05) is 12.8 Å². The molecular formula is C23H26N2O4S2. The Morgan fingerprint density at radius 1 is 1.16 bits per heavy atom. The van der Waals surface area contributed by atoms with Crippen molar-refractivity contribution in [2.24, 2.45) is 4.40 Å². The highest BCUT2D eigenvalue weighted by atomic mass is 32.2. The van der Waals surface area contributed by atoms with E-state index in [2.05, 4.69) is 16.3 Å². The maximum Gasteiger partial charge on any atom is 0.282 e. The van der Waals surface area contributed by atoms with E-state index in [9.17, 15) is 8.42 Å². The van der Waals surface area contributed by atoms with Gasteiger partial charge in [0.1, 0.15) is 10.7 Å². The number of sulfonamides is 1. The molecule has 1 N–H and O–H groups in total. The van der Waals surface area contributed by atoms with E-state index in [0.717, 1.165) is 5.56 Å². The molecule has 0 atom stereocenters. The van der Waals surface area contributed by atoms with Crippen LogP contribution in [0.4, 0.5) is 0 Å². The van der Waals surface area contributed by atoms with Crippen molar-refractivity contribution < 1.29 is 17.9 Å². The molecule has 1 aromatic carbocycles. The summed E-state index contributed by atoms with van der Waals surface area (Å²) in [5.41, 5.74) is 0.729. The Kier molecular flexibility index (Phi) is 8.27. The van der Waals surface area contributed by atoms with Crippen molar-refractivity contribution in [3.05, 3.63) is 90.4 Å². The number of thiocarbonyl (C=S) groups is 1. The van der Waals surface area contributed by atoms with Crippen LogP contribution >= 0.6 is 12.2 Å². The number of nitrogens with zero attached hydrogens (tertiary/aromatic N) is 1. The van der Waals surface area contributed by atoms with Gasteiger partial charge in [-0.2, -0.15) is 12.8 Å². The fourth-order valence-corrected chi connectivity index (χ4v) is 3.96. The Bertz CT molecular complexity index is 1080. The molecule has 1 aromatic rings. The zero-order valence-corrected chi connectivity index (χ0v) is 19.6. The van der Waals surface area contributed by atoms with E-state index < -0.39 is 15.6 Å². The second kappa shape index (κ2) is 10.5. The van der Waals surface area contributed by atoms with Gasteiger partial charge in [0.25, 0.3) is 10.0 Å². The standard InChI is InChI=1S/C23H26N2O4S2/c1-6-20(28-4)10-9-18(3)24-22(30)23(29-5)15-13-19(14-16-23)25-31(26,27)21-11-7-17(2)8-12-21/h6-16H,3H2,1-2,4-5H3,(H,24,30)/b10-9-,20-6+,25-19?. The van der Waals surface area contributed by atoms with Gasteiger partial charge in [0.05, 0.1) is 17.7 Å². The molecule has 164 valence electrons. The second-order valence-corrected chi connectivity index (χ2v) is 8.69. The summed E-state index contributed by atoms with van der Waals surface area (Å²) in [6.45, 7) is 7.67. The van der Waals surface area contributed by atoms with Crippen molar-refractivity contribution in [1.82, 2.24) is 5.32 Å². The van der Waals surface area contributed by atoms with Gasteiger partial charge < -0.3 is 14.8 Å². The van der Waals surface area contributed by atoms with E-state index >= 15 is 0 Å². The molecule has 0 saturated carbocycles. The van der Waals surface area contributed by atoms with Gasteiger partial charge in [0.15, 0.2) is 5.60 Å². The van der Waals surface area contributed by atoms with E-state index in [1.165, 1.54) is 19.2 Å². The number of methoxy groups -OCH3 is 2. The predicted octanol–water partition coefficient (Wildman–Crippen LogP) is 4.17. The van der Waals surface area contributed by atoms with Gasteiger partial charge >= 0.3 is 0 Å². The van der Waals surface area contributed by atoms with Gasteiger partial charge in [0.2, 0.25) is 0 Å². The number of hydrogen-bond acceptors (Lipinski definition) is 5. The Hall–Kier alpha value is -2.81. The lowest BCUT2D eigenvalue weighted by atomic mass is 9.96. The minimum Gasteiger partial charge on any atom is -0.497 e. The van der Waals surface area contributed by atoms with E-state index in [4.69, 9.17) is 21.7 Å². The van der Waals surface area contributed by atoms with Crippen LogP contribution < -0.4 is 5.32 Å². The van der Waals surface area contributed by atoms with Crippen LogP contribution in [-0.4, -0.2) is 38.9 Å². The lowest BCUT2D eigenvalue weighted by Gasteiger charge is -2.29. The van der Waals surface area contributed by atoms with Gasteiger partial charge in [-0.3, -0.25) is 0 Å². The molecule has 2 rings (SSSR count). The Morgan fingerprint density at radius 3 is 2.29 bits per heavy atom. The van der Waals surface area contributed by atoms with Crippen molar-refractivity contribution >= 4 is 32.9 Å². The molecule has 0 spiro atoms. The second-order valence-electron chi connectivity index (χ2n) is 6.68. The van der Waals surface area contributed by atoms with Crippen molar-refractivity contribution in [1.29, 1.82) is 0 Å². The molecule has 0 bridgehead atoms. The molecule has 0 aromatic heterocycles. The molecule has 1 aliphatic rings. The minimum absolute atomic E-state index is 0.132. The first-order valence-electron chi connectivity index (χ1n) is 9.40. The molecule has 8 heteroatoms. The SMILES string of the molecule is C=C(/C=C\C(=C/C)OC)NC(=S)C1(OC)C=CC(=NS(=O)(=O)c2ccc(C)cc2)C=C1. The monoisotopic (exact) mass is 458 g/mol. The van der Waals surface area contributed by atoms with Crippen LogP contribution in [0.2, 0.25) is 0 Å².